The summed E-state index contributed by atoms with van der Waals surface area (Å²) in [6.45, 7) is 4.42. The van der Waals surface area contributed by atoms with Crippen LogP contribution < -0.4 is 37.2 Å². The largest absolute Gasteiger partial charge is 1.00 e. The second kappa shape index (κ2) is 8.65. The summed E-state index contributed by atoms with van der Waals surface area (Å²) in [6.07, 6.45) is 4.72. The van der Waals surface area contributed by atoms with Crippen molar-refractivity contribution in [2.75, 3.05) is 0 Å². The Hall–Kier alpha value is 1.06. The Morgan fingerprint density at radius 1 is 1.33 bits per heavy atom. The Balaban J connectivity index is -0.000000270. The maximum Gasteiger partial charge on any atom is -1.00 e. The Morgan fingerprint density at radius 3 is 2.00 bits per heavy atom. The maximum atomic E-state index is 2.31. The molecule has 0 aromatic heterocycles. The Labute approximate surface area is 105 Å². The molecule has 0 unspecified atom stereocenters. The predicted molar refractivity (Wildman–Crippen MR) is 35.7 cm³/mol. The molecule has 0 atom stereocenters. The van der Waals surface area contributed by atoms with Gasteiger partial charge in [-0.2, -0.15) is 0 Å². The van der Waals surface area contributed by atoms with Crippen molar-refractivity contribution in [1.29, 1.82) is 0 Å². The molecule has 0 N–H and O–H groups in total. The van der Waals surface area contributed by atoms with Gasteiger partial charge in [-0.25, -0.2) is 0 Å². The first kappa shape index (κ1) is 18.8. The van der Waals surface area contributed by atoms with Crippen LogP contribution in [0.5, 0.6) is 0 Å². The van der Waals surface area contributed by atoms with E-state index >= 15 is 0 Å². The van der Waals surface area contributed by atoms with Gasteiger partial charge in [0, 0.05) is 0 Å². The zero-order valence-corrected chi connectivity index (χ0v) is 11.0. The van der Waals surface area contributed by atoms with Crippen molar-refractivity contribution >= 4 is 0 Å². The fourth-order valence-corrected chi connectivity index (χ4v) is 1.97. The summed E-state index contributed by atoms with van der Waals surface area (Å²) in [5.74, 6) is 0. The van der Waals surface area contributed by atoms with Crippen LogP contribution in [0.2, 0.25) is 0 Å². The summed E-state index contributed by atoms with van der Waals surface area (Å²) in [6, 6.07) is 0. The van der Waals surface area contributed by atoms with Crippen LogP contribution in [-0.4, -0.2) is 0 Å². The molecule has 12 heavy (non-hydrogen) atoms. The quantitative estimate of drug-likeness (QED) is 0.412. The zero-order valence-electron chi connectivity index (χ0n) is 7.13. The Kier molecular flexibility index (Phi) is 13.5. The van der Waals surface area contributed by atoms with E-state index in [1.54, 1.807) is 9.45 Å². The maximum absolute atomic E-state index is 2.31. The summed E-state index contributed by atoms with van der Waals surface area (Å²) < 4.78 is 1.56. The van der Waals surface area contributed by atoms with E-state index in [1.165, 1.54) is 18.4 Å². The van der Waals surface area contributed by atoms with Crippen LogP contribution in [0.25, 0.3) is 0 Å². The molecule has 68 valence electrons. The van der Waals surface area contributed by atoms with Crippen molar-refractivity contribution in [1.82, 2.24) is 0 Å². The van der Waals surface area contributed by atoms with Crippen molar-refractivity contribution in [3.63, 3.8) is 0 Å². The van der Waals surface area contributed by atoms with Gasteiger partial charge in [-0.3, -0.25) is 0 Å². The number of hydrogen-bond acceptors (Lipinski definition) is 0. The van der Waals surface area contributed by atoms with Gasteiger partial charge < -0.3 is 37.2 Å². The van der Waals surface area contributed by atoms with Crippen LogP contribution in [0.4, 0.5) is 0 Å². The first-order valence-electron chi connectivity index (χ1n) is 3.35. The summed E-state index contributed by atoms with van der Waals surface area (Å²) in [5.41, 5.74) is 3.07. The molecule has 0 saturated heterocycles. The average molecular weight is 261 g/mol. The van der Waals surface area contributed by atoms with Gasteiger partial charge >= 0.3 is 68.2 Å². The number of allylic oxidation sites excluding steroid dienone is 4. The second-order valence-corrected chi connectivity index (χ2v) is 3.47. The summed E-state index contributed by atoms with van der Waals surface area (Å²) in [7, 11) is 0. The second-order valence-electron chi connectivity index (χ2n) is 2.52. The van der Waals surface area contributed by atoms with Crippen molar-refractivity contribution in [2.24, 2.45) is 0 Å². The first-order chi connectivity index (χ1) is 4.24. The summed E-state index contributed by atoms with van der Waals surface area (Å²) in [4.78, 5) is 0. The van der Waals surface area contributed by atoms with Gasteiger partial charge in [0.1, 0.15) is 0 Å². The zero-order chi connectivity index (χ0) is 6.85. The van der Waals surface area contributed by atoms with Crippen molar-refractivity contribution < 1.29 is 57.7 Å². The van der Waals surface area contributed by atoms with Crippen LogP contribution in [0, 0.1) is 0 Å². The molecule has 4 heteroatoms. The third-order valence-corrected chi connectivity index (χ3v) is 2.42. The van der Waals surface area contributed by atoms with Gasteiger partial charge in [0.05, 0.1) is 0 Å². The molecule has 1 aliphatic rings. The molecule has 0 radical (unpaired) electrons. The van der Waals surface area contributed by atoms with Crippen LogP contribution in [-0.2, 0) is 20.4 Å². The number of hydrogen-bond donors (Lipinski definition) is 0. The molecule has 0 amide bonds. The fourth-order valence-electron chi connectivity index (χ4n) is 1.14. The molecule has 1 rings (SSSR count). The first-order valence-corrected chi connectivity index (χ1v) is 4.13. The molecular weight excluding hydrogens is 250 g/mol. The Bertz CT molecular complexity index is 185. The van der Waals surface area contributed by atoms with E-state index in [4.69, 9.17) is 0 Å². The predicted octanol–water partition coefficient (Wildman–Crippen LogP) is -6.44. The van der Waals surface area contributed by atoms with Gasteiger partial charge in [0.25, 0.3) is 0 Å². The van der Waals surface area contributed by atoms with Crippen LogP contribution in [0.1, 0.15) is 26.7 Å². The van der Waals surface area contributed by atoms with Crippen molar-refractivity contribution in [2.45, 2.75) is 26.7 Å². The number of rotatable bonds is 1. The Morgan fingerprint density at radius 2 is 1.83 bits per heavy atom. The molecule has 0 heterocycles. The minimum Gasteiger partial charge on any atom is -1.00 e. The molecule has 1 aliphatic carbocycles. The van der Waals surface area contributed by atoms with E-state index in [-0.39, 0.29) is 37.2 Å². The third kappa shape index (κ3) is 4.94. The molecule has 0 aliphatic heterocycles. The standard InChI is InChI=1S/C8H11.3ClH.Ti/c1-3-8-5-4-7(2)6-8;;;;/h6H,3-4H2,1-2H3;3*1H;/q;;;;+3/p-3. The fraction of sp³-hybridized carbons (Fsp3) is 0.500. The molecule has 0 bridgehead atoms. The van der Waals surface area contributed by atoms with Crippen molar-refractivity contribution in [3.8, 4) is 0 Å². The van der Waals surface area contributed by atoms with Crippen molar-refractivity contribution in [3.05, 3.63) is 21.1 Å². The van der Waals surface area contributed by atoms with Gasteiger partial charge in [0.2, 0.25) is 0 Å². The van der Waals surface area contributed by atoms with Gasteiger partial charge in [-0.05, 0) is 0 Å². The molecule has 0 fully saturated rings. The summed E-state index contributed by atoms with van der Waals surface area (Å²) >= 11 is 2.23. The smallest absolute Gasteiger partial charge is 1.00 e. The SMILES string of the molecule is CCC1=[C]([Ti+3])CC(C)=C1.[Cl-].[Cl-].[Cl-]. The average Bonchev–Trinajstić information content (AvgIpc) is 2.10. The van der Waals surface area contributed by atoms with Crippen LogP contribution >= 0.6 is 0 Å². The van der Waals surface area contributed by atoms with Gasteiger partial charge in [0.15, 0.2) is 0 Å². The van der Waals surface area contributed by atoms with Gasteiger partial charge in [-0.1, -0.05) is 0 Å². The van der Waals surface area contributed by atoms with Crippen LogP contribution in [0.3, 0.4) is 0 Å². The minimum atomic E-state index is 0. The monoisotopic (exact) mass is 260 g/mol. The topological polar surface area (TPSA) is 0 Å². The molecular formula is C8H11Cl3Ti. The van der Waals surface area contributed by atoms with Crippen LogP contribution in [0.15, 0.2) is 21.1 Å². The minimum absolute atomic E-state index is 0. The van der Waals surface area contributed by atoms with E-state index in [2.05, 4.69) is 40.4 Å². The van der Waals surface area contributed by atoms with E-state index in [1.807, 2.05) is 0 Å². The third-order valence-electron chi connectivity index (χ3n) is 1.64. The molecule has 0 aromatic rings. The number of halogens is 3. The normalized spacial score (nSPS) is 14.2. The molecule has 0 nitrogen and oxygen atoms in total. The molecule has 0 saturated carbocycles. The molecule has 0 spiro atoms. The van der Waals surface area contributed by atoms with E-state index in [0.717, 1.165) is 0 Å². The van der Waals surface area contributed by atoms with E-state index < -0.39 is 0 Å². The van der Waals surface area contributed by atoms with Gasteiger partial charge in [-0.15, -0.1) is 0 Å². The summed E-state index contributed by atoms with van der Waals surface area (Å²) in [5, 5.41) is 0. The van der Waals surface area contributed by atoms with E-state index in [0.29, 0.717) is 0 Å². The van der Waals surface area contributed by atoms with E-state index in [9.17, 15) is 0 Å². The molecule has 0 aromatic carbocycles.